The Bertz CT molecular complexity index is 450. The zero-order valence-corrected chi connectivity index (χ0v) is 12.4. The van der Waals surface area contributed by atoms with Crippen LogP contribution in [0.4, 0.5) is 0 Å². The molecule has 20 heavy (non-hydrogen) atoms. The van der Waals surface area contributed by atoms with E-state index in [0.717, 1.165) is 4.31 Å². The smallest absolute Gasteiger partial charge is 0.305 e. The van der Waals surface area contributed by atoms with Crippen molar-refractivity contribution in [2.75, 3.05) is 39.7 Å². The van der Waals surface area contributed by atoms with Crippen molar-refractivity contribution in [1.29, 1.82) is 0 Å². The number of esters is 1. The number of rotatable bonds is 6. The largest absolute Gasteiger partial charge is 0.469 e. The minimum atomic E-state index is -3.61. The fraction of sp³-hybridized carbons (Fsp3) is 0.818. The number of nitrogens with zero attached hydrogens (tertiary/aromatic N) is 1. The molecule has 0 aromatic carbocycles. The van der Waals surface area contributed by atoms with Gasteiger partial charge in [-0.15, -0.1) is 0 Å². The Morgan fingerprint density at radius 2 is 2.15 bits per heavy atom. The predicted octanol–water partition coefficient (Wildman–Crippen LogP) is -1.28. The van der Waals surface area contributed by atoms with Crippen molar-refractivity contribution in [2.24, 2.45) is 0 Å². The van der Waals surface area contributed by atoms with E-state index in [1.165, 1.54) is 14.2 Å². The summed E-state index contributed by atoms with van der Waals surface area (Å²) in [5, 5.41) is 2.42. The van der Waals surface area contributed by atoms with Crippen LogP contribution in [0.25, 0.3) is 0 Å². The Balaban J connectivity index is 2.67. The van der Waals surface area contributed by atoms with Gasteiger partial charge >= 0.3 is 5.97 Å². The van der Waals surface area contributed by atoms with Gasteiger partial charge in [0.05, 0.1) is 26.1 Å². The van der Waals surface area contributed by atoms with Gasteiger partial charge in [-0.3, -0.25) is 9.59 Å². The van der Waals surface area contributed by atoms with E-state index >= 15 is 0 Å². The van der Waals surface area contributed by atoms with Crippen LogP contribution in [0.1, 0.15) is 12.8 Å². The Hall–Kier alpha value is -1.19. The molecule has 1 rings (SSSR count). The summed E-state index contributed by atoms with van der Waals surface area (Å²) < 4.78 is 35.2. The SMILES string of the molecule is CNC(=O)C1COCCN1S(=O)(=O)CCCC(=O)OC. The summed E-state index contributed by atoms with van der Waals surface area (Å²) in [5.74, 6) is -1.05. The maximum absolute atomic E-state index is 12.2. The van der Waals surface area contributed by atoms with Gasteiger partial charge < -0.3 is 14.8 Å². The number of ether oxygens (including phenoxy) is 2. The first-order valence-corrected chi connectivity index (χ1v) is 7.89. The Morgan fingerprint density at radius 1 is 1.45 bits per heavy atom. The van der Waals surface area contributed by atoms with Gasteiger partial charge in [0, 0.05) is 20.0 Å². The lowest BCUT2D eigenvalue weighted by molar-refractivity contribution is -0.140. The summed E-state index contributed by atoms with van der Waals surface area (Å²) in [5.41, 5.74) is 0. The normalized spacial score (nSPS) is 20.4. The summed E-state index contributed by atoms with van der Waals surface area (Å²) in [6.07, 6.45) is 0.192. The van der Waals surface area contributed by atoms with E-state index in [1.54, 1.807) is 0 Å². The van der Waals surface area contributed by atoms with Crippen molar-refractivity contribution < 1.29 is 27.5 Å². The second-order valence-corrected chi connectivity index (χ2v) is 6.35. The molecule has 1 amide bonds. The Kier molecular flexibility index (Phi) is 6.37. The molecule has 9 heteroatoms. The van der Waals surface area contributed by atoms with E-state index in [4.69, 9.17) is 4.74 Å². The van der Waals surface area contributed by atoms with Gasteiger partial charge in [-0.05, 0) is 6.42 Å². The molecule has 1 saturated heterocycles. The first-order valence-electron chi connectivity index (χ1n) is 6.28. The summed E-state index contributed by atoms with van der Waals surface area (Å²) in [6, 6.07) is -0.850. The number of likely N-dealkylation sites (N-methyl/N-ethyl adjacent to an activating group) is 1. The topological polar surface area (TPSA) is 102 Å². The second-order valence-electron chi connectivity index (χ2n) is 4.31. The monoisotopic (exact) mass is 308 g/mol. The number of hydrogen-bond acceptors (Lipinski definition) is 6. The fourth-order valence-corrected chi connectivity index (χ4v) is 3.55. The lowest BCUT2D eigenvalue weighted by Gasteiger charge is -2.33. The second kappa shape index (κ2) is 7.55. The number of carbonyl (C=O) groups excluding carboxylic acids is 2. The van der Waals surface area contributed by atoms with Crippen LogP contribution in [-0.4, -0.2) is 70.3 Å². The standard InChI is InChI=1S/C11H20N2O6S/c1-12-11(15)9-8-19-6-5-13(9)20(16,17)7-3-4-10(14)18-2/h9H,3-8H2,1-2H3,(H,12,15). The van der Waals surface area contributed by atoms with Crippen LogP contribution in [-0.2, 0) is 29.1 Å². The number of nitrogens with one attached hydrogen (secondary N) is 1. The molecule has 0 spiro atoms. The molecule has 0 aliphatic carbocycles. The Morgan fingerprint density at radius 3 is 2.75 bits per heavy atom. The molecule has 116 valence electrons. The number of morpholine rings is 1. The maximum Gasteiger partial charge on any atom is 0.305 e. The van der Waals surface area contributed by atoms with Crippen LogP contribution in [0.3, 0.4) is 0 Å². The van der Waals surface area contributed by atoms with Crippen LogP contribution in [0.15, 0.2) is 0 Å². The van der Waals surface area contributed by atoms with Gasteiger partial charge in [0.2, 0.25) is 15.9 Å². The summed E-state index contributed by atoms with van der Waals surface area (Å²) in [6.45, 7) is 0.429. The van der Waals surface area contributed by atoms with Crippen molar-refractivity contribution in [3.63, 3.8) is 0 Å². The van der Waals surface area contributed by atoms with Crippen LogP contribution < -0.4 is 5.32 Å². The third-order valence-electron chi connectivity index (χ3n) is 3.00. The molecule has 1 aliphatic heterocycles. The highest BCUT2D eigenvalue weighted by molar-refractivity contribution is 7.89. The molecule has 0 aromatic rings. The number of sulfonamides is 1. The molecule has 1 N–H and O–H groups in total. The summed E-state index contributed by atoms with van der Waals surface area (Å²) in [4.78, 5) is 22.7. The van der Waals surface area contributed by atoms with Crippen LogP contribution in [0.2, 0.25) is 0 Å². The van der Waals surface area contributed by atoms with Crippen LogP contribution >= 0.6 is 0 Å². The van der Waals surface area contributed by atoms with Gasteiger partial charge in [0.15, 0.2) is 0 Å². The average Bonchev–Trinajstić information content (AvgIpc) is 2.46. The molecule has 1 unspecified atom stereocenters. The van der Waals surface area contributed by atoms with Gasteiger partial charge in [-0.25, -0.2) is 8.42 Å². The van der Waals surface area contributed by atoms with Gasteiger partial charge in [0.25, 0.3) is 0 Å². The molecular weight excluding hydrogens is 288 g/mol. The molecule has 0 bridgehead atoms. The van der Waals surface area contributed by atoms with Crippen LogP contribution in [0.5, 0.6) is 0 Å². The van der Waals surface area contributed by atoms with E-state index in [1.807, 2.05) is 0 Å². The molecule has 0 aromatic heterocycles. The third-order valence-corrected chi connectivity index (χ3v) is 4.95. The van der Waals surface area contributed by atoms with Crippen LogP contribution in [0, 0.1) is 0 Å². The van der Waals surface area contributed by atoms with E-state index in [2.05, 4.69) is 10.1 Å². The van der Waals surface area contributed by atoms with Crippen molar-refractivity contribution in [3.05, 3.63) is 0 Å². The molecule has 1 heterocycles. The number of hydrogen-bond donors (Lipinski definition) is 1. The first-order chi connectivity index (χ1) is 9.42. The van der Waals surface area contributed by atoms with E-state index in [9.17, 15) is 18.0 Å². The Labute approximate surface area is 118 Å². The molecule has 0 radical (unpaired) electrons. The van der Waals surface area contributed by atoms with Gasteiger partial charge in [0.1, 0.15) is 6.04 Å². The highest BCUT2D eigenvalue weighted by Crippen LogP contribution is 2.14. The summed E-state index contributed by atoms with van der Waals surface area (Å²) >= 11 is 0. The van der Waals surface area contributed by atoms with E-state index < -0.39 is 27.9 Å². The number of carbonyl (C=O) groups is 2. The lowest BCUT2D eigenvalue weighted by atomic mass is 10.2. The quantitative estimate of drug-likeness (QED) is 0.613. The third kappa shape index (κ3) is 4.43. The molecule has 1 fully saturated rings. The zero-order valence-electron chi connectivity index (χ0n) is 11.6. The molecular formula is C11H20N2O6S. The molecule has 1 atom stereocenters. The number of amides is 1. The number of methoxy groups -OCH3 is 1. The van der Waals surface area contributed by atoms with Crippen molar-refractivity contribution in [1.82, 2.24) is 9.62 Å². The van der Waals surface area contributed by atoms with Crippen molar-refractivity contribution >= 4 is 21.9 Å². The van der Waals surface area contributed by atoms with E-state index in [0.29, 0.717) is 0 Å². The average molecular weight is 308 g/mol. The molecule has 8 nitrogen and oxygen atoms in total. The lowest BCUT2D eigenvalue weighted by Crippen LogP contribution is -2.55. The molecule has 1 aliphatic rings. The highest BCUT2D eigenvalue weighted by atomic mass is 32.2. The first kappa shape index (κ1) is 16.9. The fourth-order valence-electron chi connectivity index (χ4n) is 1.91. The van der Waals surface area contributed by atoms with Crippen molar-refractivity contribution in [3.8, 4) is 0 Å². The van der Waals surface area contributed by atoms with Gasteiger partial charge in [-0.2, -0.15) is 4.31 Å². The minimum Gasteiger partial charge on any atom is -0.469 e. The molecule has 0 saturated carbocycles. The summed E-state index contributed by atoms with van der Waals surface area (Å²) in [7, 11) is -0.913. The van der Waals surface area contributed by atoms with E-state index in [-0.39, 0.29) is 38.4 Å². The minimum absolute atomic E-state index is 0.0325. The maximum atomic E-state index is 12.2. The zero-order chi connectivity index (χ0) is 15.2. The predicted molar refractivity (Wildman–Crippen MR) is 70.4 cm³/mol. The highest BCUT2D eigenvalue weighted by Gasteiger charge is 2.36. The van der Waals surface area contributed by atoms with Crippen molar-refractivity contribution in [2.45, 2.75) is 18.9 Å². The van der Waals surface area contributed by atoms with Gasteiger partial charge in [-0.1, -0.05) is 0 Å².